The maximum Gasteiger partial charge on any atom is 0.355 e. The molecule has 15 heavy (non-hydrogen) atoms. The van der Waals surface area contributed by atoms with Gasteiger partial charge in [0, 0.05) is 12.1 Å². The summed E-state index contributed by atoms with van der Waals surface area (Å²) in [6.45, 7) is -0.980. The molecule has 0 aliphatic carbocycles. The summed E-state index contributed by atoms with van der Waals surface area (Å²) in [6, 6.07) is 4.75. The van der Waals surface area contributed by atoms with Gasteiger partial charge in [0.15, 0.2) is 6.61 Å². The number of halogens is 3. The molecule has 1 aromatic carbocycles. The molecule has 0 spiro atoms. The van der Waals surface area contributed by atoms with Gasteiger partial charge in [-0.15, -0.1) is 0 Å². The van der Waals surface area contributed by atoms with Gasteiger partial charge in [-0.1, -0.05) is 0 Å². The van der Waals surface area contributed by atoms with E-state index in [0.29, 0.717) is 0 Å². The lowest BCUT2D eigenvalue weighted by Crippen LogP contribution is -2.17. The summed E-state index contributed by atoms with van der Waals surface area (Å²) < 4.78 is 28.9. The Bertz CT molecular complexity index is 350. The van der Waals surface area contributed by atoms with Gasteiger partial charge in [-0.2, -0.15) is 8.78 Å². The van der Waals surface area contributed by atoms with E-state index in [1.54, 1.807) is 0 Å². The van der Waals surface area contributed by atoms with Gasteiger partial charge in [0.1, 0.15) is 5.75 Å². The first-order valence-electron chi connectivity index (χ1n) is 3.82. The fraction of sp³-hybridized carbons (Fsp3) is 0.250. The van der Waals surface area contributed by atoms with Crippen LogP contribution in [-0.4, -0.2) is 16.9 Å². The fourth-order valence-electron chi connectivity index (χ4n) is 0.829. The molecule has 0 fully saturated rings. The molecule has 1 aromatic rings. The van der Waals surface area contributed by atoms with E-state index in [-0.39, 0.29) is 11.4 Å². The van der Waals surface area contributed by atoms with Crippen molar-refractivity contribution in [1.29, 1.82) is 0 Å². The van der Waals surface area contributed by atoms with Crippen molar-refractivity contribution in [3.63, 3.8) is 0 Å². The van der Waals surface area contributed by atoms with Gasteiger partial charge >= 0.3 is 5.38 Å². The van der Waals surface area contributed by atoms with Crippen LogP contribution in [0.1, 0.15) is 0 Å². The van der Waals surface area contributed by atoms with Gasteiger partial charge in [-0.05, 0) is 23.7 Å². The van der Waals surface area contributed by atoms with Gasteiger partial charge in [-0.25, -0.2) is 0 Å². The molecular formula is C8H6ClF2NO3. The number of nitrogens with zero attached hydrogens (tertiary/aromatic N) is 1. The molecule has 0 aliphatic heterocycles. The lowest BCUT2D eigenvalue weighted by molar-refractivity contribution is -0.384. The largest absolute Gasteiger partial charge is 0.486 e. The van der Waals surface area contributed by atoms with E-state index in [2.05, 4.69) is 16.3 Å². The highest BCUT2D eigenvalue weighted by Gasteiger charge is 2.25. The van der Waals surface area contributed by atoms with Crippen LogP contribution in [0.4, 0.5) is 14.5 Å². The van der Waals surface area contributed by atoms with Crippen LogP contribution < -0.4 is 4.74 Å². The summed E-state index contributed by atoms with van der Waals surface area (Å²) in [5, 5.41) is 6.81. The number of ether oxygens (including phenoxy) is 1. The molecule has 0 heterocycles. The van der Waals surface area contributed by atoms with Crippen molar-refractivity contribution in [1.82, 2.24) is 0 Å². The van der Waals surface area contributed by atoms with Crippen LogP contribution in [0.5, 0.6) is 5.75 Å². The number of benzene rings is 1. The Labute approximate surface area is 88.6 Å². The second-order valence-corrected chi connectivity index (χ2v) is 3.21. The Morgan fingerprint density at radius 2 is 1.93 bits per heavy atom. The van der Waals surface area contributed by atoms with E-state index in [1.807, 2.05) is 0 Å². The Kier molecular flexibility index (Phi) is 3.41. The van der Waals surface area contributed by atoms with E-state index in [0.717, 1.165) is 12.1 Å². The minimum atomic E-state index is -3.44. The number of rotatable bonds is 4. The molecule has 82 valence electrons. The van der Waals surface area contributed by atoms with Crippen LogP contribution in [0.15, 0.2) is 24.3 Å². The number of non-ortho nitro benzene ring substituents is 1. The van der Waals surface area contributed by atoms with Crippen LogP contribution in [0, 0.1) is 10.1 Å². The smallest absolute Gasteiger partial charge is 0.355 e. The first kappa shape index (κ1) is 11.6. The first-order valence-corrected chi connectivity index (χ1v) is 4.20. The molecule has 0 N–H and O–H groups in total. The van der Waals surface area contributed by atoms with Crippen LogP contribution in [0.2, 0.25) is 0 Å². The molecule has 0 atom stereocenters. The second kappa shape index (κ2) is 4.39. The molecule has 0 aromatic heterocycles. The van der Waals surface area contributed by atoms with E-state index < -0.39 is 16.9 Å². The average Bonchev–Trinajstić information content (AvgIpc) is 2.14. The Balaban J connectivity index is 2.61. The van der Waals surface area contributed by atoms with Gasteiger partial charge in [0.2, 0.25) is 0 Å². The van der Waals surface area contributed by atoms with Crippen molar-refractivity contribution in [2.75, 3.05) is 6.61 Å². The molecule has 0 unspecified atom stereocenters. The quantitative estimate of drug-likeness (QED) is 0.460. The zero-order valence-electron chi connectivity index (χ0n) is 7.32. The summed E-state index contributed by atoms with van der Waals surface area (Å²) in [7, 11) is 0. The van der Waals surface area contributed by atoms with Crippen LogP contribution >= 0.6 is 11.6 Å². The standard InChI is InChI=1S/C8H6ClF2NO3/c9-8(10,11)5-15-7-3-1-6(2-4-7)12(13)14/h1-4H,5H2. The van der Waals surface area contributed by atoms with Crippen LogP contribution in [0.25, 0.3) is 0 Å². The normalized spacial score (nSPS) is 11.1. The van der Waals surface area contributed by atoms with Crippen LogP contribution in [0.3, 0.4) is 0 Å². The molecule has 0 radical (unpaired) electrons. The lowest BCUT2D eigenvalue weighted by Gasteiger charge is -2.09. The first-order chi connectivity index (χ1) is 6.88. The average molecular weight is 238 g/mol. The monoisotopic (exact) mass is 237 g/mol. The van der Waals surface area contributed by atoms with Gasteiger partial charge in [0.05, 0.1) is 4.92 Å². The summed E-state index contributed by atoms with van der Waals surface area (Å²) in [6.07, 6.45) is 0. The van der Waals surface area contributed by atoms with Gasteiger partial charge in [0.25, 0.3) is 5.69 Å². The Morgan fingerprint density at radius 3 is 2.33 bits per heavy atom. The number of nitro benzene ring substituents is 1. The van der Waals surface area contributed by atoms with Crippen LogP contribution in [-0.2, 0) is 0 Å². The molecule has 7 heteroatoms. The zero-order valence-corrected chi connectivity index (χ0v) is 8.08. The maximum absolute atomic E-state index is 12.1. The van der Waals surface area contributed by atoms with Crippen molar-refractivity contribution >= 4 is 17.3 Å². The summed E-state index contributed by atoms with van der Waals surface area (Å²) in [5.41, 5.74) is -0.139. The number of nitro groups is 1. The fourth-order valence-corrected chi connectivity index (χ4v) is 0.884. The predicted molar refractivity (Wildman–Crippen MR) is 49.4 cm³/mol. The molecule has 4 nitrogen and oxygen atoms in total. The third kappa shape index (κ3) is 4.07. The molecule has 0 saturated carbocycles. The Hall–Kier alpha value is -1.43. The number of hydrogen-bond donors (Lipinski definition) is 0. The SMILES string of the molecule is O=[N+]([O-])c1ccc(OCC(F)(F)Cl)cc1. The second-order valence-electron chi connectivity index (χ2n) is 2.65. The van der Waals surface area contributed by atoms with E-state index in [4.69, 9.17) is 0 Å². The van der Waals surface area contributed by atoms with Crippen molar-refractivity contribution in [3.05, 3.63) is 34.4 Å². The van der Waals surface area contributed by atoms with Crippen molar-refractivity contribution in [2.24, 2.45) is 0 Å². The number of hydrogen-bond acceptors (Lipinski definition) is 3. The van der Waals surface area contributed by atoms with Crippen molar-refractivity contribution in [3.8, 4) is 5.75 Å². The maximum atomic E-state index is 12.1. The molecule has 0 saturated heterocycles. The number of alkyl halides is 3. The third-order valence-corrected chi connectivity index (χ3v) is 1.56. The minimum Gasteiger partial charge on any atom is -0.486 e. The Morgan fingerprint density at radius 1 is 1.40 bits per heavy atom. The summed E-state index contributed by atoms with van der Waals surface area (Å²) in [5.74, 6) is 0.0981. The molecular weight excluding hydrogens is 232 g/mol. The minimum absolute atomic E-state index is 0.0981. The molecule has 0 bridgehead atoms. The van der Waals surface area contributed by atoms with E-state index in [1.165, 1.54) is 12.1 Å². The highest BCUT2D eigenvalue weighted by atomic mass is 35.5. The van der Waals surface area contributed by atoms with E-state index in [9.17, 15) is 18.9 Å². The summed E-state index contributed by atoms with van der Waals surface area (Å²) >= 11 is 4.60. The molecule has 1 rings (SSSR count). The predicted octanol–water partition coefficient (Wildman–Crippen LogP) is 2.81. The third-order valence-electron chi connectivity index (χ3n) is 1.45. The van der Waals surface area contributed by atoms with Crippen molar-refractivity contribution < 1.29 is 18.4 Å². The van der Waals surface area contributed by atoms with Gasteiger partial charge < -0.3 is 4.74 Å². The lowest BCUT2D eigenvalue weighted by atomic mass is 10.3. The van der Waals surface area contributed by atoms with Gasteiger partial charge in [-0.3, -0.25) is 10.1 Å². The molecule has 0 amide bonds. The highest BCUT2D eigenvalue weighted by Crippen LogP contribution is 2.22. The highest BCUT2D eigenvalue weighted by molar-refractivity contribution is 6.21. The summed E-state index contributed by atoms with van der Waals surface area (Å²) in [4.78, 5) is 9.66. The topological polar surface area (TPSA) is 52.4 Å². The molecule has 0 aliphatic rings. The van der Waals surface area contributed by atoms with Crippen molar-refractivity contribution in [2.45, 2.75) is 5.38 Å². The zero-order chi connectivity index (χ0) is 11.5. The van der Waals surface area contributed by atoms with E-state index >= 15 is 0 Å².